The molecule has 0 saturated carbocycles. The van der Waals surface area contributed by atoms with E-state index in [1.807, 2.05) is 0 Å². The second-order valence-corrected chi connectivity index (χ2v) is 7.29. The quantitative estimate of drug-likeness (QED) is 0.382. The van der Waals surface area contributed by atoms with Crippen molar-refractivity contribution in [1.29, 1.82) is 0 Å². The molecule has 1 aromatic heterocycles. The molecule has 0 aliphatic rings. The fourth-order valence-corrected chi connectivity index (χ4v) is 3.13. The molecule has 0 spiro atoms. The highest BCUT2D eigenvalue weighted by atomic mass is 35.5. The number of imide groups is 1. The van der Waals surface area contributed by atoms with Gasteiger partial charge in [-0.05, 0) is 36.4 Å². The van der Waals surface area contributed by atoms with E-state index in [1.165, 1.54) is 30.3 Å². The van der Waals surface area contributed by atoms with Crippen molar-refractivity contribution in [3.63, 3.8) is 0 Å². The maximum absolute atomic E-state index is 12.8. The Morgan fingerprint density at radius 3 is 2.28 bits per heavy atom. The summed E-state index contributed by atoms with van der Waals surface area (Å²) in [6.07, 6.45) is -4.65. The molecule has 12 heteroatoms. The molecular formula is C20H11Cl3F3N3O3. The van der Waals surface area contributed by atoms with Crippen LogP contribution >= 0.6 is 34.8 Å². The van der Waals surface area contributed by atoms with Crippen LogP contribution < -0.4 is 15.4 Å². The Balaban J connectivity index is 1.66. The van der Waals surface area contributed by atoms with Gasteiger partial charge in [-0.15, -0.1) is 0 Å². The van der Waals surface area contributed by atoms with E-state index in [1.54, 1.807) is 12.1 Å². The van der Waals surface area contributed by atoms with Crippen LogP contribution in [0.4, 0.5) is 23.7 Å². The first-order valence-corrected chi connectivity index (χ1v) is 9.76. The van der Waals surface area contributed by atoms with Gasteiger partial charge in [0.15, 0.2) is 0 Å². The fourth-order valence-electron chi connectivity index (χ4n) is 2.44. The van der Waals surface area contributed by atoms with E-state index in [9.17, 15) is 22.8 Å². The van der Waals surface area contributed by atoms with Crippen LogP contribution in [0.25, 0.3) is 0 Å². The van der Waals surface area contributed by atoms with E-state index in [2.05, 4.69) is 15.6 Å². The number of alkyl halides is 3. The van der Waals surface area contributed by atoms with Crippen LogP contribution in [0.2, 0.25) is 15.2 Å². The predicted molar refractivity (Wildman–Crippen MR) is 114 cm³/mol. The molecule has 0 bridgehead atoms. The topological polar surface area (TPSA) is 80.3 Å². The number of rotatable bonds is 4. The van der Waals surface area contributed by atoms with Crippen LogP contribution in [-0.4, -0.2) is 16.9 Å². The maximum Gasteiger partial charge on any atom is 0.419 e. The molecule has 0 radical (unpaired) electrons. The number of halogens is 6. The summed E-state index contributed by atoms with van der Waals surface area (Å²) < 4.78 is 43.6. The zero-order chi connectivity index (χ0) is 23.5. The molecule has 1 heterocycles. The molecule has 6 nitrogen and oxygen atoms in total. The molecule has 3 amide bonds. The molecule has 166 valence electrons. The lowest BCUT2D eigenvalue weighted by Crippen LogP contribution is -2.34. The summed E-state index contributed by atoms with van der Waals surface area (Å²) in [4.78, 5) is 27.7. The Kier molecular flexibility index (Phi) is 7.12. The number of nitrogens with one attached hydrogen (secondary N) is 2. The maximum atomic E-state index is 12.8. The third kappa shape index (κ3) is 5.82. The van der Waals surface area contributed by atoms with Gasteiger partial charge in [-0.2, -0.15) is 13.2 Å². The standard InChI is InChI=1S/C20H11Cl3F3N3O3/c21-13-4-2-1-3-11(13)18(30)29-19(31)27-10-5-7-15(14(22)9-10)32-16-8-6-12(17(23)28-16)20(24,25)26/h1-9H,(H2,27,29,30,31). The number of carbonyl (C=O) groups is 2. The van der Waals surface area contributed by atoms with Crippen molar-refractivity contribution in [3.05, 3.63) is 80.9 Å². The van der Waals surface area contributed by atoms with Crippen molar-refractivity contribution < 1.29 is 27.5 Å². The van der Waals surface area contributed by atoms with Crippen molar-refractivity contribution in [1.82, 2.24) is 10.3 Å². The van der Waals surface area contributed by atoms with Crippen LogP contribution in [0, 0.1) is 0 Å². The average Bonchev–Trinajstić information content (AvgIpc) is 2.69. The highest BCUT2D eigenvalue weighted by Crippen LogP contribution is 2.36. The molecule has 0 atom stereocenters. The van der Waals surface area contributed by atoms with Gasteiger partial charge < -0.3 is 10.1 Å². The van der Waals surface area contributed by atoms with Gasteiger partial charge in [-0.1, -0.05) is 46.9 Å². The van der Waals surface area contributed by atoms with E-state index >= 15 is 0 Å². The van der Waals surface area contributed by atoms with E-state index in [0.29, 0.717) is 0 Å². The predicted octanol–water partition coefficient (Wildman–Crippen LogP) is 6.81. The first-order valence-electron chi connectivity index (χ1n) is 8.62. The molecule has 0 aliphatic heterocycles. The summed E-state index contributed by atoms with van der Waals surface area (Å²) in [5, 5.41) is 3.95. The van der Waals surface area contributed by atoms with Gasteiger partial charge in [-0.25, -0.2) is 9.78 Å². The summed E-state index contributed by atoms with van der Waals surface area (Å²) in [5.41, 5.74) is -0.770. The van der Waals surface area contributed by atoms with E-state index < -0.39 is 28.8 Å². The van der Waals surface area contributed by atoms with Crippen molar-refractivity contribution in [2.45, 2.75) is 6.18 Å². The van der Waals surface area contributed by atoms with Crippen LogP contribution in [0.5, 0.6) is 11.6 Å². The van der Waals surface area contributed by atoms with Gasteiger partial charge in [0.1, 0.15) is 10.9 Å². The summed E-state index contributed by atoms with van der Waals surface area (Å²) >= 11 is 17.6. The number of amides is 3. The molecule has 2 aromatic carbocycles. The SMILES string of the molecule is O=C(NC(=O)c1ccccc1Cl)Nc1ccc(Oc2ccc(C(F)(F)F)c(Cl)n2)c(Cl)c1. The molecule has 0 fully saturated rings. The lowest BCUT2D eigenvalue weighted by molar-refractivity contribution is -0.137. The molecule has 3 rings (SSSR count). The smallest absolute Gasteiger partial charge is 0.419 e. The second kappa shape index (κ2) is 9.64. The largest absolute Gasteiger partial charge is 0.437 e. The van der Waals surface area contributed by atoms with Crippen LogP contribution in [0.15, 0.2) is 54.6 Å². The molecule has 0 unspecified atom stereocenters. The number of aromatic nitrogens is 1. The number of nitrogens with zero attached hydrogens (tertiary/aromatic N) is 1. The lowest BCUT2D eigenvalue weighted by Gasteiger charge is -2.12. The first-order chi connectivity index (χ1) is 15.0. The Hall–Kier alpha value is -3.01. The third-order valence-electron chi connectivity index (χ3n) is 3.88. The van der Waals surface area contributed by atoms with E-state index in [-0.39, 0.29) is 32.9 Å². The average molecular weight is 505 g/mol. The zero-order valence-electron chi connectivity index (χ0n) is 15.6. The Morgan fingerprint density at radius 2 is 1.66 bits per heavy atom. The van der Waals surface area contributed by atoms with E-state index in [4.69, 9.17) is 39.5 Å². The van der Waals surface area contributed by atoms with Crippen LogP contribution in [0.3, 0.4) is 0 Å². The number of hydrogen-bond acceptors (Lipinski definition) is 4. The van der Waals surface area contributed by atoms with Gasteiger partial charge in [0.2, 0.25) is 5.88 Å². The third-order valence-corrected chi connectivity index (χ3v) is 4.79. The minimum absolute atomic E-state index is 0.0121. The molecule has 0 aliphatic carbocycles. The molecule has 32 heavy (non-hydrogen) atoms. The molecular weight excluding hydrogens is 494 g/mol. The van der Waals surface area contributed by atoms with Crippen molar-refractivity contribution in [3.8, 4) is 11.6 Å². The highest BCUT2D eigenvalue weighted by Gasteiger charge is 2.34. The highest BCUT2D eigenvalue weighted by molar-refractivity contribution is 6.34. The minimum atomic E-state index is -4.65. The number of carbonyl (C=O) groups excluding carboxylic acids is 2. The Bertz CT molecular complexity index is 1190. The number of hydrogen-bond donors (Lipinski definition) is 2. The normalized spacial score (nSPS) is 11.1. The number of benzene rings is 2. The first kappa shape index (κ1) is 23.6. The van der Waals surface area contributed by atoms with Gasteiger partial charge >= 0.3 is 12.2 Å². The monoisotopic (exact) mass is 503 g/mol. The van der Waals surface area contributed by atoms with Crippen LogP contribution in [-0.2, 0) is 6.18 Å². The second-order valence-electron chi connectivity index (χ2n) is 6.12. The number of ether oxygens (including phenoxy) is 1. The van der Waals surface area contributed by atoms with Crippen LogP contribution in [0.1, 0.15) is 15.9 Å². The Morgan fingerprint density at radius 1 is 0.938 bits per heavy atom. The summed E-state index contributed by atoms with van der Waals surface area (Å²) in [6, 6.07) is 11.1. The summed E-state index contributed by atoms with van der Waals surface area (Å²) in [7, 11) is 0. The summed E-state index contributed by atoms with van der Waals surface area (Å²) in [6.45, 7) is 0. The van der Waals surface area contributed by atoms with Crippen molar-refractivity contribution >= 4 is 52.4 Å². The van der Waals surface area contributed by atoms with Gasteiger partial charge in [0.05, 0.1) is 21.2 Å². The number of urea groups is 1. The van der Waals surface area contributed by atoms with Gasteiger partial charge in [-0.3, -0.25) is 10.1 Å². The number of pyridine rings is 1. The molecule has 3 aromatic rings. The number of anilines is 1. The zero-order valence-corrected chi connectivity index (χ0v) is 17.9. The van der Waals surface area contributed by atoms with E-state index in [0.717, 1.165) is 12.1 Å². The van der Waals surface area contributed by atoms with Crippen molar-refractivity contribution in [2.75, 3.05) is 5.32 Å². The van der Waals surface area contributed by atoms with Gasteiger partial charge in [0.25, 0.3) is 5.91 Å². The minimum Gasteiger partial charge on any atom is -0.437 e. The molecule has 0 saturated heterocycles. The van der Waals surface area contributed by atoms with Gasteiger partial charge in [0, 0.05) is 11.8 Å². The molecule has 2 N–H and O–H groups in total. The summed E-state index contributed by atoms with van der Waals surface area (Å²) in [5.74, 6) is -0.869. The Labute approximate surface area is 194 Å². The fraction of sp³-hybridized carbons (Fsp3) is 0.0500. The van der Waals surface area contributed by atoms with Crippen molar-refractivity contribution in [2.24, 2.45) is 0 Å². The lowest BCUT2D eigenvalue weighted by atomic mass is 10.2.